The van der Waals surface area contributed by atoms with E-state index < -0.39 is 0 Å². The number of amides is 1. The molecule has 2 heterocycles. The van der Waals surface area contributed by atoms with Crippen molar-refractivity contribution in [1.82, 2.24) is 14.9 Å². The van der Waals surface area contributed by atoms with Crippen molar-refractivity contribution in [2.24, 2.45) is 0 Å². The van der Waals surface area contributed by atoms with Crippen molar-refractivity contribution >= 4 is 38.6 Å². The Bertz CT molecular complexity index is 1230. The minimum Gasteiger partial charge on any atom is -0.383 e. The molecule has 0 saturated heterocycles. The quantitative estimate of drug-likeness (QED) is 0.567. The molecule has 2 unspecified atom stereocenters. The number of halogens is 1. The number of nitrogens with zero attached hydrogens (tertiary/aromatic N) is 5. The van der Waals surface area contributed by atoms with Gasteiger partial charge < -0.3 is 15.5 Å². The fourth-order valence-corrected chi connectivity index (χ4v) is 4.33. The van der Waals surface area contributed by atoms with Crippen LogP contribution in [0.4, 0.5) is 5.82 Å². The lowest BCUT2D eigenvalue weighted by Crippen LogP contribution is -2.43. The number of nitriles is 1. The molecular formula is C23H19BrN6O. The monoisotopic (exact) mass is 474 g/mol. The van der Waals surface area contributed by atoms with Crippen LogP contribution in [0.25, 0.3) is 15.7 Å². The Hall–Kier alpha value is -3.49. The van der Waals surface area contributed by atoms with E-state index in [1.807, 2.05) is 6.07 Å². The van der Waals surface area contributed by atoms with Gasteiger partial charge in [0.15, 0.2) is 0 Å². The van der Waals surface area contributed by atoms with Gasteiger partial charge in [-0.25, -0.2) is 11.6 Å². The summed E-state index contributed by atoms with van der Waals surface area (Å²) in [6.07, 6.45) is 3.98. The van der Waals surface area contributed by atoms with E-state index in [9.17, 15) is 4.79 Å². The number of hydrogen-bond donors (Lipinski definition) is 1. The second kappa shape index (κ2) is 8.71. The van der Waals surface area contributed by atoms with Crippen LogP contribution in [0.3, 0.4) is 0 Å². The molecule has 1 aliphatic rings. The molecule has 154 valence electrons. The van der Waals surface area contributed by atoms with Crippen molar-refractivity contribution in [1.29, 1.82) is 5.26 Å². The second-order valence-electron chi connectivity index (χ2n) is 7.54. The van der Waals surface area contributed by atoms with Gasteiger partial charge in [0, 0.05) is 23.6 Å². The minimum atomic E-state index is -0.224. The summed E-state index contributed by atoms with van der Waals surface area (Å²) in [6.45, 7) is 7.84. The van der Waals surface area contributed by atoms with Crippen molar-refractivity contribution in [3.63, 3.8) is 0 Å². The number of hydrogen-bond acceptors (Lipinski definition) is 5. The maximum Gasteiger partial charge on any atom is 0.254 e. The third-order valence-corrected chi connectivity index (χ3v) is 6.23. The summed E-state index contributed by atoms with van der Waals surface area (Å²) in [4.78, 5) is 27.8. The van der Waals surface area contributed by atoms with Crippen molar-refractivity contribution in [3.8, 4) is 6.07 Å². The highest BCUT2D eigenvalue weighted by atomic mass is 79.9. The first kappa shape index (κ1) is 20.8. The highest BCUT2D eigenvalue weighted by molar-refractivity contribution is 9.10. The summed E-state index contributed by atoms with van der Waals surface area (Å²) in [5, 5.41) is 9.81. The van der Waals surface area contributed by atoms with Crippen molar-refractivity contribution in [2.75, 3.05) is 5.73 Å². The molecular weight excluding hydrogens is 456 g/mol. The SMILES string of the molecule is [C-]#[N+]C1CCCC1N(Cc1ccc(C#N)cn1)C(=O)c1ccc2nc(N)c(Br)cc2c1. The Labute approximate surface area is 188 Å². The van der Waals surface area contributed by atoms with Crippen LogP contribution in [0, 0.1) is 17.9 Å². The first-order valence-electron chi connectivity index (χ1n) is 9.88. The summed E-state index contributed by atoms with van der Waals surface area (Å²) >= 11 is 3.39. The fraction of sp³-hybridized carbons (Fsp3) is 0.261. The molecule has 0 aliphatic heterocycles. The molecule has 0 spiro atoms. The average molecular weight is 475 g/mol. The molecule has 1 aliphatic carbocycles. The van der Waals surface area contributed by atoms with Crippen LogP contribution in [0.5, 0.6) is 0 Å². The lowest BCUT2D eigenvalue weighted by molar-refractivity contribution is 0.0656. The van der Waals surface area contributed by atoms with Gasteiger partial charge in [-0.3, -0.25) is 9.78 Å². The number of fused-ring (bicyclic) bond motifs is 1. The summed E-state index contributed by atoms with van der Waals surface area (Å²) in [5.41, 5.74) is 8.24. The van der Waals surface area contributed by atoms with Gasteiger partial charge in [0.05, 0.1) is 27.8 Å². The molecule has 7 nitrogen and oxygen atoms in total. The molecule has 2 atom stereocenters. The zero-order valence-electron chi connectivity index (χ0n) is 16.6. The Morgan fingerprint density at radius 2 is 2.16 bits per heavy atom. The number of benzene rings is 1. The number of aromatic nitrogens is 2. The van der Waals surface area contributed by atoms with Gasteiger partial charge in [-0.2, -0.15) is 5.26 Å². The van der Waals surface area contributed by atoms with Gasteiger partial charge in [-0.15, -0.1) is 0 Å². The average Bonchev–Trinajstić information content (AvgIpc) is 3.26. The van der Waals surface area contributed by atoms with Gasteiger partial charge in [0.2, 0.25) is 6.04 Å². The van der Waals surface area contributed by atoms with Gasteiger partial charge in [-0.05, 0) is 65.2 Å². The topological polar surface area (TPSA) is 100 Å². The van der Waals surface area contributed by atoms with Gasteiger partial charge in [-0.1, -0.05) is 0 Å². The third kappa shape index (κ3) is 4.21. The maximum absolute atomic E-state index is 13.6. The fourth-order valence-electron chi connectivity index (χ4n) is 4.00. The van der Waals surface area contributed by atoms with E-state index in [4.69, 9.17) is 17.6 Å². The zero-order valence-corrected chi connectivity index (χ0v) is 18.2. The number of carbonyl (C=O) groups is 1. The molecule has 31 heavy (non-hydrogen) atoms. The van der Waals surface area contributed by atoms with Gasteiger partial charge >= 0.3 is 0 Å². The first-order chi connectivity index (χ1) is 15.0. The number of carbonyl (C=O) groups excluding carboxylic acids is 1. The minimum absolute atomic E-state index is 0.151. The summed E-state index contributed by atoms with van der Waals surface area (Å²) in [6, 6.07) is 12.3. The molecule has 2 N–H and O–H groups in total. The van der Waals surface area contributed by atoms with Gasteiger partial charge in [0.1, 0.15) is 17.9 Å². The standard InChI is InChI=1S/C23H19BrN6O/c1-27-20-3-2-4-21(20)30(13-17-7-5-14(11-25)12-28-17)23(31)15-6-8-19-16(9-15)10-18(24)22(26)29-19/h5-10,12,20-21H,2-4,13H2,(H2,26,29). The predicted molar refractivity (Wildman–Crippen MR) is 121 cm³/mol. The van der Waals surface area contributed by atoms with Crippen molar-refractivity contribution in [3.05, 3.63) is 75.3 Å². The Morgan fingerprint density at radius 1 is 1.32 bits per heavy atom. The molecule has 0 bridgehead atoms. The molecule has 1 saturated carbocycles. The number of rotatable bonds is 4. The highest BCUT2D eigenvalue weighted by Crippen LogP contribution is 2.30. The van der Waals surface area contributed by atoms with Crippen LogP contribution in [0.1, 0.15) is 40.9 Å². The van der Waals surface area contributed by atoms with E-state index >= 15 is 0 Å². The lowest BCUT2D eigenvalue weighted by Gasteiger charge is -2.29. The molecule has 1 fully saturated rings. The Balaban J connectivity index is 1.70. The number of nitrogen functional groups attached to an aromatic ring is 1. The van der Waals surface area contributed by atoms with Crippen LogP contribution in [0.15, 0.2) is 47.1 Å². The summed E-state index contributed by atoms with van der Waals surface area (Å²) in [5.74, 6) is 0.243. The third-order valence-electron chi connectivity index (χ3n) is 5.60. The second-order valence-corrected chi connectivity index (χ2v) is 8.40. The van der Waals surface area contributed by atoms with E-state index in [-0.39, 0.29) is 24.5 Å². The number of pyridine rings is 2. The van der Waals surface area contributed by atoms with Crippen LogP contribution in [0.2, 0.25) is 0 Å². The van der Waals surface area contributed by atoms with E-state index in [0.717, 1.165) is 24.6 Å². The largest absolute Gasteiger partial charge is 0.383 e. The first-order valence-corrected chi connectivity index (χ1v) is 10.7. The highest BCUT2D eigenvalue weighted by Gasteiger charge is 2.39. The molecule has 4 rings (SSSR count). The zero-order chi connectivity index (χ0) is 22.0. The smallest absolute Gasteiger partial charge is 0.254 e. The Kier molecular flexibility index (Phi) is 5.83. The van der Waals surface area contributed by atoms with E-state index in [1.54, 1.807) is 35.2 Å². The van der Waals surface area contributed by atoms with E-state index in [1.165, 1.54) is 6.20 Å². The predicted octanol–water partition coefficient (Wildman–Crippen LogP) is 4.33. The van der Waals surface area contributed by atoms with Gasteiger partial charge in [0.25, 0.3) is 5.91 Å². The van der Waals surface area contributed by atoms with E-state index in [2.05, 4.69) is 36.8 Å². The van der Waals surface area contributed by atoms with Crippen LogP contribution in [-0.2, 0) is 6.54 Å². The molecule has 8 heteroatoms. The van der Waals surface area contributed by atoms with Crippen molar-refractivity contribution < 1.29 is 4.79 Å². The molecule has 3 aromatic rings. The number of nitrogens with two attached hydrogens (primary N) is 1. The van der Waals surface area contributed by atoms with Crippen LogP contribution in [-0.4, -0.2) is 32.9 Å². The van der Waals surface area contributed by atoms with Crippen LogP contribution < -0.4 is 5.73 Å². The van der Waals surface area contributed by atoms with E-state index in [0.29, 0.717) is 32.6 Å². The maximum atomic E-state index is 13.6. The molecule has 0 radical (unpaired) electrons. The molecule has 1 aromatic carbocycles. The molecule has 1 amide bonds. The Morgan fingerprint density at radius 3 is 2.87 bits per heavy atom. The van der Waals surface area contributed by atoms with Crippen LogP contribution >= 0.6 is 15.9 Å². The van der Waals surface area contributed by atoms with Crippen molar-refractivity contribution in [2.45, 2.75) is 37.9 Å². The summed E-state index contributed by atoms with van der Waals surface area (Å²) in [7, 11) is 0. The normalized spacial score (nSPS) is 17.8. The molecule has 2 aromatic heterocycles. The lowest BCUT2D eigenvalue weighted by atomic mass is 10.1. The summed E-state index contributed by atoms with van der Waals surface area (Å²) < 4.78 is 0.673. The number of anilines is 1.